The smallest absolute Gasteiger partial charge is 0.0857 e. The first kappa shape index (κ1) is 11.2. The molecule has 0 radical (unpaired) electrons. The van der Waals surface area contributed by atoms with Crippen molar-refractivity contribution < 1.29 is 5.11 Å². The number of rotatable bonds is 1. The van der Waals surface area contributed by atoms with Gasteiger partial charge in [-0.2, -0.15) is 0 Å². The Morgan fingerprint density at radius 3 is 2.67 bits per heavy atom. The van der Waals surface area contributed by atoms with Crippen LogP contribution in [0.5, 0.6) is 0 Å². The summed E-state index contributed by atoms with van der Waals surface area (Å²) >= 11 is 0. The molecule has 1 N–H and O–H groups in total. The molecule has 0 aromatic carbocycles. The number of hydrogen-bond donors (Lipinski definition) is 1. The lowest BCUT2D eigenvalue weighted by atomic mass is 9.74. The monoisotopic (exact) mass is 208 g/mol. The topological polar surface area (TPSA) is 20.2 Å². The molecule has 0 atom stereocenters. The van der Waals surface area contributed by atoms with Gasteiger partial charge in [-0.15, -0.1) is 0 Å². The average molecular weight is 208 g/mol. The third-order valence-corrected chi connectivity index (χ3v) is 4.24. The van der Waals surface area contributed by atoms with Crippen molar-refractivity contribution in [1.29, 1.82) is 0 Å². The molecule has 1 heteroatoms. The van der Waals surface area contributed by atoms with Gasteiger partial charge in [0.15, 0.2) is 0 Å². The van der Waals surface area contributed by atoms with Crippen LogP contribution >= 0.6 is 0 Å². The van der Waals surface area contributed by atoms with Gasteiger partial charge < -0.3 is 5.11 Å². The van der Waals surface area contributed by atoms with Crippen molar-refractivity contribution >= 4 is 0 Å². The normalized spacial score (nSPS) is 38.3. The Hall–Kier alpha value is -0.300. The molecular formula is C14H24O. The maximum absolute atomic E-state index is 10.7. The second-order valence-corrected chi connectivity index (χ2v) is 5.54. The highest BCUT2D eigenvalue weighted by atomic mass is 16.3. The fraction of sp³-hybridized carbons (Fsp3) is 0.857. The van der Waals surface area contributed by atoms with Crippen LogP contribution in [0, 0.1) is 5.92 Å². The van der Waals surface area contributed by atoms with E-state index in [1.165, 1.54) is 44.1 Å². The van der Waals surface area contributed by atoms with E-state index in [-0.39, 0.29) is 0 Å². The molecule has 1 fully saturated rings. The Bertz CT molecular complexity index is 234. The first-order valence-electron chi connectivity index (χ1n) is 6.63. The molecule has 1 saturated carbocycles. The highest BCUT2D eigenvalue weighted by Crippen LogP contribution is 2.39. The summed E-state index contributed by atoms with van der Waals surface area (Å²) in [6.45, 7) is 2.31. The molecule has 2 rings (SSSR count). The van der Waals surface area contributed by atoms with Gasteiger partial charge in [0.05, 0.1) is 5.60 Å². The molecule has 86 valence electrons. The summed E-state index contributed by atoms with van der Waals surface area (Å²) in [4.78, 5) is 0. The first-order chi connectivity index (χ1) is 7.21. The van der Waals surface area contributed by atoms with Crippen molar-refractivity contribution in [1.82, 2.24) is 0 Å². The van der Waals surface area contributed by atoms with Gasteiger partial charge >= 0.3 is 0 Å². The lowest BCUT2D eigenvalue weighted by molar-refractivity contribution is 0.0237. The van der Waals surface area contributed by atoms with Crippen LogP contribution in [0.4, 0.5) is 0 Å². The van der Waals surface area contributed by atoms with Crippen molar-refractivity contribution in [3.05, 3.63) is 11.6 Å². The molecule has 0 aliphatic heterocycles. The molecule has 2 aliphatic carbocycles. The van der Waals surface area contributed by atoms with Crippen LogP contribution in [0.3, 0.4) is 0 Å². The summed E-state index contributed by atoms with van der Waals surface area (Å²) in [6.07, 6.45) is 13.0. The average Bonchev–Trinajstić information content (AvgIpc) is 2.51. The molecule has 15 heavy (non-hydrogen) atoms. The van der Waals surface area contributed by atoms with Crippen LogP contribution in [0.15, 0.2) is 11.6 Å². The largest absolute Gasteiger partial charge is 0.386 e. The predicted octanol–water partition coefficient (Wildman–Crippen LogP) is 3.82. The van der Waals surface area contributed by atoms with Crippen LogP contribution in [-0.4, -0.2) is 10.7 Å². The number of allylic oxidation sites excluding steroid dienone is 1. The molecule has 0 aromatic heterocycles. The molecule has 0 unspecified atom stereocenters. The van der Waals surface area contributed by atoms with E-state index >= 15 is 0 Å². The van der Waals surface area contributed by atoms with Crippen LogP contribution < -0.4 is 0 Å². The Kier molecular flexibility index (Phi) is 3.50. The Morgan fingerprint density at radius 2 is 1.93 bits per heavy atom. The van der Waals surface area contributed by atoms with Crippen LogP contribution in [0.2, 0.25) is 0 Å². The minimum atomic E-state index is -0.420. The molecule has 0 amide bonds. The van der Waals surface area contributed by atoms with Gasteiger partial charge in [-0.1, -0.05) is 19.4 Å². The Labute approximate surface area is 93.6 Å². The first-order valence-corrected chi connectivity index (χ1v) is 6.63. The highest BCUT2D eigenvalue weighted by Gasteiger charge is 2.34. The molecule has 0 heterocycles. The minimum Gasteiger partial charge on any atom is -0.386 e. The summed E-state index contributed by atoms with van der Waals surface area (Å²) < 4.78 is 0. The summed E-state index contributed by atoms with van der Waals surface area (Å²) in [6, 6.07) is 0. The van der Waals surface area contributed by atoms with Crippen molar-refractivity contribution in [3.8, 4) is 0 Å². The summed E-state index contributed by atoms with van der Waals surface area (Å²) in [7, 11) is 0. The summed E-state index contributed by atoms with van der Waals surface area (Å²) in [5, 5.41) is 10.7. The van der Waals surface area contributed by atoms with E-state index in [2.05, 4.69) is 13.0 Å². The lowest BCUT2D eigenvalue weighted by Gasteiger charge is -2.37. The molecule has 0 spiro atoms. The molecule has 0 bridgehead atoms. The molecular weight excluding hydrogens is 184 g/mol. The fourth-order valence-electron chi connectivity index (χ4n) is 3.00. The quantitative estimate of drug-likeness (QED) is 0.649. The molecule has 0 saturated heterocycles. The molecule has 1 nitrogen and oxygen atoms in total. The summed E-state index contributed by atoms with van der Waals surface area (Å²) in [5.41, 5.74) is 0.948. The third-order valence-electron chi connectivity index (χ3n) is 4.24. The number of aliphatic hydroxyl groups is 1. The van der Waals surface area contributed by atoms with Crippen molar-refractivity contribution in [3.63, 3.8) is 0 Å². The van der Waals surface area contributed by atoms with Gasteiger partial charge in [0.1, 0.15) is 0 Å². The van der Waals surface area contributed by atoms with Crippen LogP contribution in [-0.2, 0) is 0 Å². The van der Waals surface area contributed by atoms with Crippen molar-refractivity contribution in [2.45, 2.75) is 70.3 Å². The van der Waals surface area contributed by atoms with Crippen LogP contribution in [0.1, 0.15) is 64.7 Å². The van der Waals surface area contributed by atoms with E-state index in [1.54, 1.807) is 0 Å². The zero-order valence-electron chi connectivity index (χ0n) is 9.97. The van der Waals surface area contributed by atoms with Gasteiger partial charge in [-0.05, 0) is 62.9 Å². The van der Waals surface area contributed by atoms with Crippen molar-refractivity contribution in [2.24, 2.45) is 5.92 Å². The van der Waals surface area contributed by atoms with E-state index in [4.69, 9.17) is 0 Å². The zero-order chi connectivity index (χ0) is 10.7. The standard InChI is InChI=1S/C14H24O/c1-12-8-10-14(15,11-9-12)13-6-4-2-3-5-7-13/h6,12,15H,2-5,7-11H2,1H3. The van der Waals surface area contributed by atoms with E-state index in [9.17, 15) is 5.11 Å². The minimum absolute atomic E-state index is 0.420. The zero-order valence-corrected chi connectivity index (χ0v) is 9.97. The van der Waals surface area contributed by atoms with Crippen molar-refractivity contribution in [2.75, 3.05) is 0 Å². The number of hydrogen-bond acceptors (Lipinski definition) is 1. The second kappa shape index (κ2) is 4.69. The van der Waals surface area contributed by atoms with Gasteiger partial charge in [-0.25, -0.2) is 0 Å². The van der Waals surface area contributed by atoms with E-state index in [0.29, 0.717) is 0 Å². The Balaban J connectivity index is 2.03. The SMILES string of the molecule is CC1CCC(O)(C2=CCCCCC2)CC1. The summed E-state index contributed by atoms with van der Waals surface area (Å²) in [5.74, 6) is 0.816. The maximum Gasteiger partial charge on any atom is 0.0857 e. The fourth-order valence-corrected chi connectivity index (χ4v) is 3.00. The van der Waals surface area contributed by atoms with E-state index in [0.717, 1.165) is 25.2 Å². The van der Waals surface area contributed by atoms with Crippen LogP contribution in [0.25, 0.3) is 0 Å². The Morgan fingerprint density at radius 1 is 1.20 bits per heavy atom. The van der Waals surface area contributed by atoms with Gasteiger partial charge in [-0.3, -0.25) is 0 Å². The maximum atomic E-state index is 10.7. The van der Waals surface area contributed by atoms with Gasteiger partial charge in [0.2, 0.25) is 0 Å². The predicted molar refractivity (Wildman–Crippen MR) is 63.7 cm³/mol. The van der Waals surface area contributed by atoms with E-state index in [1.807, 2.05) is 0 Å². The third kappa shape index (κ3) is 2.63. The highest BCUT2D eigenvalue weighted by molar-refractivity contribution is 5.18. The molecule has 0 aromatic rings. The van der Waals surface area contributed by atoms with E-state index < -0.39 is 5.60 Å². The molecule has 2 aliphatic rings. The lowest BCUT2D eigenvalue weighted by Crippen LogP contribution is -2.35. The second-order valence-electron chi connectivity index (χ2n) is 5.54. The van der Waals surface area contributed by atoms with Gasteiger partial charge in [0, 0.05) is 0 Å². The van der Waals surface area contributed by atoms with Gasteiger partial charge in [0.25, 0.3) is 0 Å².